The molecule has 1 amide bonds. The van der Waals surface area contributed by atoms with Crippen LogP contribution >= 0.6 is 0 Å². The van der Waals surface area contributed by atoms with E-state index in [1.54, 1.807) is 42.6 Å². The minimum Gasteiger partial charge on any atom is -0.449 e. The molecule has 0 aliphatic rings. The second kappa shape index (κ2) is 7.87. The van der Waals surface area contributed by atoms with Crippen LogP contribution in [0.4, 0.5) is 5.69 Å². The molecule has 2 aromatic heterocycles. The molecule has 0 saturated heterocycles. The molecule has 2 heterocycles. The molecule has 30 heavy (non-hydrogen) atoms. The lowest BCUT2D eigenvalue weighted by atomic mass is 10.1. The Kier molecular flexibility index (Phi) is 5.10. The monoisotopic (exact) mass is 400 g/mol. The van der Waals surface area contributed by atoms with Gasteiger partial charge >= 0.3 is 5.97 Å². The van der Waals surface area contributed by atoms with Crippen molar-refractivity contribution in [2.75, 3.05) is 5.32 Å². The molecule has 1 atom stereocenters. The molecule has 150 valence electrons. The summed E-state index contributed by atoms with van der Waals surface area (Å²) in [6.07, 6.45) is 0.709. The number of esters is 1. The highest BCUT2D eigenvalue weighted by molar-refractivity contribution is 6.03. The van der Waals surface area contributed by atoms with E-state index in [-0.39, 0.29) is 0 Å². The standard InChI is InChI=1S/C23H20N4O3/c1-13-14(2)26-21-12-16(9-10-20(21)25-13)23(29)30-15(3)22(28)27-19-8-4-7-18-17(19)6-5-11-24-18/h4-12,15H,1-3H3,(H,27,28). The average Bonchev–Trinajstić information content (AvgIpc) is 2.74. The highest BCUT2D eigenvalue weighted by atomic mass is 16.5. The third kappa shape index (κ3) is 3.82. The van der Waals surface area contributed by atoms with Gasteiger partial charge in [0, 0.05) is 11.6 Å². The van der Waals surface area contributed by atoms with Gasteiger partial charge in [0.1, 0.15) is 0 Å². The third-order valence-electron chi connectivity index (χ3n) is 4.87. The van der Waals surface area contributed by atoms with E-state index in [0.29, 0.717) is 22.3 Å². The Hall–Kier alpha value is -3.87. The normalized spacial score (nSPS) is 12.0. The summed E-state index contributed by atoms with van der Waals surface area (Å²) in [7, 11) is 0. The molecule has 4 aromatic rings. The van der Waals surface area contributed by atoms with E-state index in [1.165, 1.54) is 6.92 Å². The first-order chi connectivity index (χ1) is 14.4. The van der Waals surface area contributed by atoms with Crippen molar-refractivity contribution in [2.45, 2.75) is 26.9 Å². The Morgan fingerprint density at radius 1 is 0.933 bits per heavy atom. The number of amides is 1. The van der Waals surface area contributed by atoms with Crippen LogP contribution in [0.1, 0.15) is 28.7 Å². The zero-order valence-corrected chi connectivity index (χ0v) is 16.8. The van der Waals surface area contributed by atoms with Crippen LogP contribution in [-0.2, 0) is 9.53 Å². The number of rotatable bonds is 4. The number of carbonyl (C=O) groups is 2. The van der Waals surface area contributed by atoms with Gasteiger partial charge in [0.15, 0.2) is 6.10 Å². The number of aromatic nitrogens is 3. The number of anilines is 1. The van der Waals surface area contributed by atoms with Gasteiger partial charge in [-0.3, -0.25) is 9.78 Å². The average molecular weight is 400 g/mol. The second-order valence-electron chi connectivity index (χ2n) is 7.01. The number of carbonyl (C=O) groups excluding carboxylic acids is 2. The Morgan fingerprint density at radius 2 is 1.70 bits per heavy atom. The van der Waals surface area contributed by atoms with Crippen LogP contribution in [-0.4, -0.2) is 32.9 Å². The van der Waals surface area contributed by atoms with Crippen molar-refractivity contribution >= 4 is 39.5 Å². The molecule has 4 rings (SSSR count). The first kappa shape index (κ1) is 19.4. The Morgan fingerprint density at radius 3 is 2.50 bits per heavy atom. The van der Waals surface area contributed by atoms with Crippen molar-refractivity contribution in [1.29, 1.82) is 0 Å². The largest absolute Gasteiger partial charge is 0.449 e. The van der Waals surface area contributed by atoms with Crippen LogP contribution in [0.5, 0.6) is 0 Å². The lowest BCUT2D eigenvalue weighted by Gasteiger charge is -2.15. The number of hydrogen-bond donors (Lipinski definition) is 1. The first-order valence-corrected chi connectivity index (χ1v) is 9.53. The maximum atomic E-state index is 12.6. The van der Waals surface area contributed by atoms with Crippen LogP contribution in [0, 0.1) is 13.8 Å². The third-order valence-corrected chi connectivity index (χ3v) is 4.87. The summed E-state index contributed by atoms with van der Waals surface area (Å²) >= 11 is 0. The molecular weight excluding hydrogens is 380 g/mol. The summed E-state index contributed by atoms with van der Waals surface area (Å²) in [5, 5.41) is 3.62. The fraction of sp³-hybridized carbons (Fsp3) is 0.174. The van der Waals surface area contributed by atoms with Crippen molar-refractivity contribution in [2.24, 2.45) is 0 Å². The molecule has 7 heteroatoms. The van der Waals surface area contributed by atoms with Crippen molar-refractivity contribution in [1.82, 2.24) is 15.0 Å². The van der Waals surface area contributed by atoms with Gasteiger partial charge in [0.2, 0.25) is 0 Å². The molecule has 0 spiro atoms. The number of nitrogens with zero attached hydrogens (tertiary/aromatic N) is 3. The summed E-state index contributed by atoms with van der Waals surface area (Å²) in [6, 6.07) is 14.1. The molecule has 1 N–H and O–H groups in total. The van der Waals surface area contributed by atoms with Gasteiger partial charge in [0.25, 0.3) is 5.91 Å². The number of hydrogen-bond acceptors (Lipinski definition) is 6. The van der Waals surface area contributed by atoms with Crippen LogP contribution in [0.2, 0.25) is 0 Å². The SMILES string of the molecule is Cc1nc2ccc(C(=O)OC(C)C(=O)Nc3cccc4ncccc34)cc2nc1C. The van der Waals surface area contributed by atoms with Crippen molar-refractivity contribution in [3.8, 4) is 0 Å². The maximum absolute atomic E-state index is 12.6. The van der Waals surface area contributed by atoms with Gasteiger partial charge < -0.3 is 10.1 Å². The Balaban J connectivity index is 1.49. The molecule has 0 aliphatic heterocycles. The molecule has 7 nitrogen and oxygen atoms in total. The number of nitrogens with one attached hydrogen (secondary N) is 1. The highest BCUT2D eigenvalue weighted by Crippen LogP contribution is 2.22. The number of benzene rings is 2. The van der Waals surface area contributed by atoms with Gasteiger partial charge in [0.05, 0.1) is 39.2 Å². The van der Waals surface area contributed by atoms with Crippen molar-refractivity contribution in [3.63, 3.8) is 0 Å². The van der Waals surface area contributed by atoms with E-state index in [0.717, 1.165) is 22.3 Å². The van der Waals surface area contributed by atoms with E-state index in [1.807, 2.05) is 26.0 Å². The quantitative estimate of drug-likeness (QED) is 0.521. The number of ether oxygens (including phenoxy) is 1. The van der Waals surface area contributed by atoms with Gasteiger partial charge in [-0.1, -0.05) is 6.07 Å². The molecule has 0 radical (unpaired) electrons. The summed E-state index contributed by atoms with van der Waals surface area (Å²) in [5.74, 6) is -1.02. The van der Waals surface area contributed by atoms with E-state index in [2.05, 4.69) is 20.3 Å². The lowest BCUT2D eigenvalue weighted by molar-refractivity contribution is -0.123. The summed E-state index contributed by atoms with van der Waals surface area (Å²) < 4.78 is 5.37. The summed E-state index contributed by atoms with van der Waals surface area (Å²) in [6.45, 7) is 5.28. The van der Waals surface area contributed by atoms with Crippen LogP contribution in [0.3, 0.4) is 0 Å². The number of fused-ring (bicyclic) bond motifs is 2. The van der Waals surface area contributed by atoms with Gasteiger partial charge in [-0.05, 0) is 63.2 Å². The van der Waals surface area contributed by atoms with E-state index < -0.39 is 18.0 Å². The molecule has 1 unspecified atom stereocenters. The fourth-order valence-electron chi connectivity index (χ4n) is 3.09. The molecule has 2 aromatic carbocycles. The first-order valence-electron chi connectivity index (χ1n) is 9.53. The fourth-order valence-corrected chi connectivity index (χ4v) is 3.09. The topological polar surface area (TPSA) is 94.1 Å². The molecular formula is C23H20N4O3. The molecule has 0 fully saturated rings. The van der Waals surface area contributed by atoms with Crippen molar-refractivity contribution < 1.29 is 14.3 Å². The molecule has 0 bridgehead atoms. The highest BCUT2D eigenvalue weighted by Gasteiger charge is 2.20. The van der Waals surface area contributed by atoms with Gasteiger partial charge in [-0.15, -0.1) is 0 Å². The molecule has 0 aliphatic carbocycles. The van der Waals surface area contributed by atoms with Crippen LogP contribution in [0.15, 0.2) is 54.7 Å². The molecule has 0 saturated carbocycles. The Bertz CT molecular complexity index is 1280. The van der Waals surface area contributed by atoms with Crippen molar-refractivity contribution in [3.05, 3.63) is 71.7 Å². The van der Waals surface area contributed by atoms with E-state index in [9.17, 15) is 9.59 Å². The van der Waals surface area contributed by atoms with Gasteiger partial charge in [-0.25, -0.2) is 14.8 Å². The Labute approximate surface area is 173 Å². The zero-order valence-electron chi connectivity index (χ0n) is 16.8. The second-order valence-corrected chi connectivity index (χ2v) is 7.01. The predicted molar refractivity (Wildman–Crippen MR) is 114 cm³/mol. The van der Waals surface area contributed by atoms with E-state index in [4.69, 9.17) is 4.74 Å². The predicted octanol–water partition coefficient (Wildman–Crippen LogP) is 3.98. The van der Waals surface area contributed by atoms with E-state index >= 15 is 0 Å². The van der Waals surface area contributed by atoms with Crippen LogP contribution < -0.4 is 5.32 Å². The van der Waals surface area contributed by atoms with Crippen LogP contribution in [0.25, 0.3) is 21.9 Å². The smallest absolute Gasteiger partial charge is 0.338 e. The maximum Gasteiger partial charge on any atom is 0.338 e. The van der Waals surface area contributed by atoms with Gasteiger partial charge in [-0.2, -0.15) is 0 Å². The minimum absolute atomic E-state index is 0.314. The number of aryl methyl sites for hydroxylation is 2. The number of pyridine rings is 1. The minimum atomic E-state index is -0.981. The summed E-state index contributed by atoms with van der Waals surface area (Å²) in [4.78, 5) is 38.3. The zero-order chi connectivity index (χ0) is 21.3. The lowest BCUT2D eigenvalue weighted by Crippen LogP contribution is -2.30. The summed E-state index contributed by atoms with van der Waals surface area (Å²) in [5.41, 5.74) is 4.63.